The van der Waals surface area contributed by atoms with E-state index in [4.69, 9.17) is 11.6 Å². The van der Waals surface area contributed by atoms with Gasteiger partial charge < -0.3 is 4.90 Å². The summed E-state index contributed by atoms with van der Waals surface area (Å²) in [6.45, 7) is 0.620. The van der Waals surface area contributed by atoms with E-state index in [9.17, 15) is 18.0 Å². The van der Waals surface area contributed by atoms with Crippen LogP contribution in [0.2, 0.25) is 0 Å². The molecule has 0 bridgehead atoms. The Labute approximate surface area is 85.0 Å². The number of amides is 1. The summed E-state index contributed by atoms with van der Waals surface area (Å²) in [7, 11) is 0. The lowest BCUT2D eigenvalue weighted by Gasteiger charge is -2.30. The minimum Gasteiger partial charge on any atom is -0.341 e. The maximum atomic E-state index is 11.9. The van der Waals surface area contributed by atoms with Crippen LogP contribution in [0.15, 0.2) is 0 Å². The van der Waals surface area contributed by atoms with E-state index in [1.54, 1.807) is 0 Å². The number of nitrogens with zero attached hydrogens (tertiary/aromatic N) is 1. The Morgan fingerprint density at radius 1 is 1.50 bits per heavy atom. The molecular formula is C8H11ClF3NO. The molecule has 0 N–H and O–H groups in total. The molecule has 1 unspecified atom stereocenters. The number of likely N-dealkylation sites (tertiary alicyclic amines) is 1. The first-order valence-corrected chi connectivity index (χ1v) is 4.81. The molecule has 0 aromatic carbocycles. The number of rotatable bonds is 1. The molecule has 1 heterocycles. The maximum absolute atomic E-state index is 11.9. The predicted molar refractivity (Wildman–Crippen MR) is 46.1 cm³/mol. The van der Waals surface area contributed by atoms with Crippen LogP contribution in [-0.2, 0) is 4.79 Å². The van der Waals surface area contributed by atoms with Gasteiger partial charge >= 0.3 is 6.18 Å². The van der Waals surface area contributed by atoms with Gasteiger partial charge in [0.05, 0.1) is 5.38 Å². The molecule has 2 nitrogen and oxygen atoms in total. The van der Waals surface area contributed by atoms with Crippen molar-refractivity contribution in [2.45, 2.75) is 30.8 Å². The summed E-state index contributed by atoms with van der Waals surface area (Å²) in [5.74, 6) is -0.872. The van der Waals surface area contributed by atoms with Crippen molar-refractivity contribution in [2.24, 2.45) is 0 Å². The largest absolute Gasteiger partial charge is 0.397 e. The molecule has 1 aliphatic rings. The topological polar surface area (TPSA) is 20.3 Å². The van der Waals surface area contributed by atoms with Crippen LogP contribution >= 0.6 is 11.6 Å². The lowest BCUT2D eigenvalue weighted by Crippen LogP contribution is -2.42. The Balaban J connectivity index is 2.44. The highest BCUT2D eigenvalue weighted by atomic mass is 35.5. The first-order valence-electron chi connectivity index (χ1n) is 4.37. The highest BCUT2D eigenvalue weighted by Crippen LogP contribution is 2.23. The number of hydrogen-bond donors (Lipinski definition) is 0. The van der Waals surface area contributed by atoms with Crippen LogP contribution < -0.4 is 0 Å². The molecule has 1 rings (SSSR count). The van der Waals surface area contributed by atoms with Crippen molar-refractivity contribution in [1.82, 2.24) is 4.90 Å². The Morgan fingerprint density at radius 2 is 2.14 bits per heavy atom. The molecule has 14 heavy (non-hydrogen) atoms. The molecule has 82 valence electrons. The fourth-order valence-corrected chi connectivity index (χ4v) is 1.76. The zero-order valence-electron chi connectivity index (χ0n) is 7.48. The van der Waals surface area contributed by atoms with Crippen LogP contribution in [0, 0.1) is 0 Å². The summed E-state index contributed by atoms with van der Waals surface area (Å²) < 4.78 is 35.6. The molecule has 0 saturated carbocycles. The Kier molecular flexibility index (Phi) is 3.64. The lowest BCUT2D eigenvalue weighted by molar-refractivity contribution is -0.161. The molecule has 0 aromatic rings. The zero-order valence-corrected chi connectivity index (χ0v) is 8.24. The van der Waals surface area contributed by atoms with E-state index in [1.165, 1.54) is 4.90 Å². The molecule has 1 fully saturated rings. The second-order valence-electron chi connectivity index (χ2n) is 3.37. The van der Waals surface area contributed by atoms with Crippen LogP contribution in [0.5, 0.6) is 0 Å². The molecule has 0 radical (unpaired) electrons. The molecular weight excluding hydrogens is 219 g/mol. The van der Waals surface area contributed by atoms with E-state index in [1.807, 2.05) is 0 Å². The van der Waals surface area contributed by atoms with Crippen molar-refractivity contribution >= 4 is 17.5 Å². The molecule has 0 spiro atoms. The lowest BCUT2D eigenvalue weighted by atomic mass is 10.1. The number of hydrogen-bond acceptors (Lipinski definition) is 1. The summed E-state index contributed by atoms with van der Waals surface area (Å²) >= 11 is 5.75. The molecule has 1 amide bonds. The maximum Gasteiger partial charge on any atom is 0.397 e. The second-order valence-corrected chi connectivity index (χ2v) is 3.99. The summed E-state index contributed by atoms with van der Waals surface area (Å²) in [5, 5.41) is -0.207. The van der Waals surface area contributed by atoms with Gasteiger partial charge in [0.2, 0.25) is 5.91 Å². The second kappa shape index (κ2) is 4.38. The molecule has 1 aliphatic heterocycles. The third kappa shape index (κ3) is 3.74. The fraction of sp³-hybridized carbons (Fsp3) is 0.875. The standard InChI is InChI=1S/C8H11ClF3NO/c9-6-2-1-3-13(5-6)7(14)4-8(10,11)12/h6H,1-5H2. The Hall–Kier alpha value is -0.450. The van der Waals surface area contributed by atoms with Crippen LogP contribution in [-0.4, -0.2) is 35.4 Å². The first-order chi connectivity index (χ1) is 6.38. The van der Waals surface area contributed by atoms with Crippen molar-refractivity contribution in [1.29, 1.82) is 0 Å². The highest BCUT2D eigenvalue weighted by Gasteiger charge is 2.34. The number of carbonyl (C=O) groups is 1. The summed E-state index contributed by atoms with van der Waals surface area (Å²) in [5.41, 5.74) is 0. The Bertz CT molecular complexity index is 219. The smallest absolute Gasteiger partial charge is 0.341 e. The van der Waals surface area contributed by atoms with Crippen molar-refractivity contribution in [2.75, 3.05) is 13.1 Å². The van der Waals surface area contributed by atoms with E-state index in [0.717, 1.165) is 6.42 Å². The van der Waals surface area contributed by atoms with Gasteiger partial charge in [-0.15, -0.1) is 11.6 Å². The summed E-state index contributed by atoms with van der Waals surface area (Å²) in [4.78, 5) is 12.3. The van der Waals surface area contributed by atoms with Gasteiger partial charge in [-0.1, -0.05) is 0 Å². The average Bonchev–Trinajstić information content (AvgIpc) is 2.01. The number of carbonyl (C=O) groups excluding carboxylic acids is 1. The number of piperidine rings is 1. The van der Waals surface area contributed by atoms with Gasteiger partial charge in [0.15, 0.2) is 0 Å². The van der Waals surface area contributed by atoms with Crippen molar-refractivity contribution in [3.63, 3.8) is 0 Å². The van der Waals surface area contributed by atoms with Gasteiger partial charge in [-0.25, -0.2) is 0 Å². The van der Waals surface area contributed by atoms with Gasteiger partial charge in [-0.3, -0.25) is 4.79 Å². The SMILES string of the molecule is O=C(CC(F)(F)F)N1CCCC(Cl)C1. The predicted octanol–water partition coefficient (Wildman–Crippen LogP) is 2.17. The molecule has 0 aromatic heterocycles. The average molecular weight is 230 g/mol. The summed E-state index contributed by atoms with van der Waals surface area (Å²) in [6, 6.07) is 0. The highest BCUT2D eigenvalue weighted by molar-refractivity contribution is 6.20. The van der Waals surface area contributed by atoms with Crippen LogP contribution in [0.4, 0.5) is 13.2 Å². The van der Waals surface area contributed by atoms with E-state index >= 15 is 0 Å². The van der Waals surface area contributed by atoms with Gasteiger partial charge in [0.1, 0.15) is 6.42 Å². The third-order valence-corrected chi connectivity index (χ3v) is 2.42. The minimum absolute atomic E-state index is 0.207. The monoisotopic (exact) mass is 229 g/mol. The summed E-state index contributed by atoms with van der Waals surface area (Å²) in [6.07, 6.45) is -4.36. The van der Waals surface area contributed by atoms with Crippen LogP contribution in [0.25, 0.3) is 0 Å². The van der Waals surface area contributed by atoms with Gasteiger partial charge in [-0.05, 0) is 12.8 Å². The van der Waals surface area contributed by atoms with Gasteiger partial charge in [0, 0.05) is 13.1 Å². The van der Waals surface area contributed by atoms with E-state index in [2.05, 4.69) is 0 Å². The number of alkyl halides is 4. The Morgan fingerprint density at radius 3 is 2.64 bits per heavy atom. The van der Waals surface area contributed by atoms with Crippen molar-refractivity contribution in [3.05, 3.63) is 0 Å². The normalized spacial score (nSPS) is 23.7. The van der Waals surface area contributed by atoms with Crippen molar-refractivity contribution < 1.29 is 18.0 Å². The molecule has 1 atom stereocenters. The minimum atomic E-state index is -4.42. The first kappa shape index (κ1) is 11.6. The number of halogens is 4. The quantitative estimate of drug-likeness (QED) is 0.631. The van der Waals surface area contributed by atoms with E-state index in [0.29, 0.717) is 13.0 Å². The third-order valence-electron chi connectivity index (χ3n) is 2.07. The molecule has 6 heteroatoms. The van der Waals surface area contributed by atoms with Gasteiger partial charge in [0.25, 0.3) is 0 Å². The van der Waals surface area contributed by atoms with Crippen LogP contribution in [0.1, 0.15) is 19.3 Å². The zero-order chi connectivity index (χ0) is 10.8. The van der Waals surface area contributed by atoms with Crippen LogP contribution in [0.3, 0.4) is 0 Å². The van der Waals surface area contributed by atoms with E-state index in [-0.39, 0.29) is 11.9 Å². The molecule has 0 aliphatic carbocycles. The molecule has 1 saturated heterocycles. The van der Waals surface area contributed by atoms with Crippen molar-refractivity contribution in [3.8, 4) is 0 Å². The van der Waals surface area contributed by atoms with E-state index < -0.39 is 18.5 Å². The van der Waals surface area contributed by atoms with Gasteiger partial charge in [-0.2, -0.15) is 13.2 Å². The fourth-order valence-electron chi connectivity index (χ4n) is 1.44.